The van der Waals surface area contributed by atoms with Crippen molar-refractivity contribution in [3.8, 4) is 0 Å². The van der Waals surface area contributed by atoms with Crippen LogP contribution >= 0.6 is 0 Å². The Labute approximate surface area is 166 Å². The Kier molecular flexibility index (Phi) is 7.18. The Morgan fingerprint density at radius 1 is 1.18 bits per heavy atom. The van der Waals surface area contributed by atoms with Gasteiger partial charge < -0.3 is 10.2 Å². The van der Waals surface area contributed by atoms with Crippen molar-refractivity contribution < 1.29 is 19.6 Å². The maximum absolute atomic E-state index is 13.4. The number of amides is 3. The van der Waals surface area contributed by atoms with Crippen LogP contribution in [-0.2, 0) is 14.4 Å². The van der Waals surface area contributed by atoms with Gasteiger partial charge in [-0.1, -0.05) is 45.9 Å². The van der Waals surface area contributed by atoms with Gasteiger partial charge in [-0.25, -0.2) is 5.48 Å². The number of hydroxylamine groups is 1. The number of para-hydroxylation sites is 1. The molecule has 0 radical (unpaired) electrons. The van der Waals surface area contributed by atoms with Crippen molar-refractivity contribution in [2.75, 3.05) is 11.9 Å². The van der Waals surface area contributed by atoms with Crippen molar-refractivity contribution in [2.24, 2.45) is 17.3 Å². The number of hydrogen-bond acceptors (Lipinski definition) is 4. The average Bonchev–Trinajstić information content (AvgIpc) is 2.91. The van der Waals surface area contributed by atoms with Crippen LogP contribution in [0, 0.1) is 17.3 Å². The molecule has 28 heavy (non-hydrogen) atoms. The molecule has 3 N–H and O–H groups in total. The van der Waals surface area contributed by atoms with Crippen LogP contribution in [0.3, 0.4) is 0 Å². The Balaban J connectivity index is 2.26. The summed E-state index contributed by atoms with van der Waals surface area (Å²) in [6.45, 7) is 8.22. The molecule has 1 saturated heterocycles. The molecule has 1 aliphatic heterocycles. The van der Waals surface area contributed by atoms with Gasteiger partial charge >= 0.3 is 0 Å². The summed E-state index contributed by atoms with van der Waals surface area (Å²) in [6, 6.07) is 8.51. The Morgan fingerprint density at radius 3 is 2.36 bits per heavy atom. The predicted octanol–water partition coefficient (Wildman–Crippen LogP) is 2.81. The van der Waals surface area contributed by atoms with Crippen LogP contribution < -0.4 is 10.8 Å². The molecule has 0 aromatic heterocycles. The number of likely N-dealkylation sites (tertiary alicyclic amines) is 1. The van der Waals surface area contributed by atoms with E-state index in [0.29, 0.717) is 25.1 Å². The molecular weight excluding hydrogens is 358 g/mol. The van der Waals surface area contributed by atoms with Gasteiger partial charge in [-0.3, -0.25) is 19.6 Å². The molecule has 0 spiro atoms. The van der Waals surface area contributed by atoms with Crippen LogP contribution in [-0.4, -0.2) is 40.4 Å². The molecule has 0 saturated carbocycles. The largest absolute Gasteiger partial charge is 0.330 e. The van der Waals surface area contributed by atoms with E-state index in [2.05, 4.69) is 5.32 Å². The first kappa shape index (κ1) is 21.9. The number of anilines is 1. The lowest BCUT2D eigenvalue weighted by molar-refractivity contribution is -0.147. The van der Waals surface area contributed by atoms with Crippen molar-refractivity contribution in [1.29, 1.82) is 0 Å². The number of hydrogen-bond donors (Lipinski definition) is 3. The van der Waals surface area contributed by atoms with Crippen LogP contribution in [0.5, 0.6) is 0 Å². The molecule has 7 heteroatoms. The van der Waals surface area contributed by atoms with E-state index in [9.17, 15) is 14.4 Å². The van der Waals surface area contributed by atoms with Crippen LogP contribution in [0.15, 0.2) is 30.3 Å². The predicted molar refractivity (Wildman–Crippen MR) is 106 cm³/mol. The van der Waals surface area contributed by atoms with Gasteiger partial charge in [-0.2, -0.15) is 0 Å². The molecule has 2 atom stereocenters. The highest BCUT2D eigenvalue weighted by Gasteiger charge is 2.51. The molecule has 0 unspecified atom stereocenters. The van der Waals surface area contributed by atoms with Gasteiger partial charge in [-0.15, -0.1) is 0 Å². The van der Waals surface area contributed by atoms with E-state index in [4.69, 9.17) is 5.21 Å². The molecule has 1 aromatic rings. The maximum atomic E-state index is 13.4. The fourth-order valence-corrected chi connectivity index (χ4v) is 4.21. The van der Waals surface area contributed by atoms with E-state index in [1.54, 1.807) is 22.5 Å². The Morgan fingerprint density at radius 2 is 1.82 bits per heavy atom. The summed E-state index contributed by atoms with van der Waals surface area (Å²) >= 11 is 0. The summed E-state index contributed by atoms with van der Waals surface area (Å²) in [5.74, 6) is -0.890. The first-order valence-corrected chi connectivity index (χ1v) is 9.80. The SMILES string of the molecule is CC(C)C[C@@]1(CC(=O)NO)CCN([C@@H](C(=O)Nc2ccccc2)C(C)C)C1=O. The smallest absolute Gasteiger partial charge is 0.247 e. The first-order valence-electron chi connectivity index (χ1n) is 9.80. The number of carbonyl (C=O) groups excluding carboxylic acids is 3. The summed E-state index contributed by atoms with van der Waals surface area (Å²) < 4.78 is 0. The number of carbonyl (C=O) groups is 3. The van der Waals surface area contributed by atoms with Gasteiger partial charge in [0.05, 0.1) is 5.41 Å². The monoisotopic (exact) mass is 389 g/mol. The second-order valence-electron chi connectivity index (χ2n) is 8.38. The number of nitrogens with one attached hydrogen (secondary N) is 2. The number of rotatable bonds is 8. The molecule has 1 aliphatic rings. The van der Waals surface area contributed by atoms with E-state index >= 15 is 0 Å². The van der Waals surface area contributed by atoms with E-state index < -0.39 is 17.4 Å². The molecule has 0 aliphatic carbocycles. The fraction of sp³-hybridized carbons (Fsp3) is 0.571. The molecule has 2 rings (SSSR count). The van der Waals surface area contributed by atoms with Crippen molar-refractivity contribution >= 4 is 23.4 Å². The van der Waals surface area contributed by atoms with Crippen molar-refractivity contribution in [2.45, 2.75) is 53.0 Å². The van der Waals surface area contributed by atoms with Gasteiger partial charge in [0.15, 0.2) is 0 Å². The highest BCUT2D eigenvalue weighted by molar-refractivity contribution is 5.99. The maximum Gasteiger partial charge on any atom is 0.247 e. The lowest BCUT2D eigenvalue weighted by atomic mass is 9.75. The standard InChI is InChI=1S/C21H31N3O4/c1-14(2)12-21(13-17(25)23-28)10-11-24(20(21)27)18(15(3)4)19(26)22-16-8-6-5-7-9-16/h5-9,14-15,18,28H,10-13H2,1-4H3,(H,22,26)(H,23,25)/t18-,21-/m1/s1. The minimum atomic E-state index is -0.888. The van der Waals surface area contributed by atoms with Gasteiger partial charge in [-0.05, 0) is 36.8 Å². The third-order valence-electron chi connectivity index (χ3n) is 5.25. The lowest BCUT2D eigenvalue weighted by Gasteiger charge is -2.33. The fourth-order valence-electron chi connectivity index (χ4n) is 4.21. The molecule has 1 aromatic carbocycles. The van der Waals surface area contributed by atoms with Crippen LogP contribution in [0.25, 0.3) is 0 Å². The Hall–Kier alpha value is -2.41. The zero-order valence-electron chi connectivity index (χ0n) is 17.1. The number of nitrogens with zero attached hydrogens (tertiary/aromatic N) is 1. The minimum absolute atomic E-state index is 0.0812. The highest BCUT2D eigenvalue weighted by Crippen LogP contribution is 2.42. The first-order chi connectivity index (χ1) is 13.2. The summed E-state index contributed by atoms with van der Waals surface area (Å²) in [6.07, 6.45) is 0.933. The van der Waals surface area contributed by atoms with Gasteiger partial charge in [0, 0.05) is 18.7 Å². The minimum Gasteiger partial charge on any atom is -0.330 e. The van der Waals surface area contributed by atoms with Crippen LogP contribution in [0.1, 0.15) is 47.0 Å². The van der Waals surface area contributed by atoms with Crippen molar-refractivity contribution in [3.05, 3.63) is 30.3 Å². The summed E-state index contributed by atoms with van der Waals surface area (Å²) in [5.41, 5.74) is 1.43. The zero-order chi connectivity index (χ0) is 20.9. The highest BCUT2D eigenvalue weighted by atomic mass is 16.5. The lowest BCUT2D eigenvalue weighted by Crippen LogP contribution is -2.50. The van der Waals surface area contributed by atoms with Crippen molar-refractivity contribution in [3.63, 3.8) is 0 Å². The number of benzene rings is 1. The van der Waals surface area contributed by atoms with Gasteiger partial charge in [0.1, 0.15) is 6.04 Å². The molecule has 0 bridgehead atoms. The summed E-state index contributed by atoms with van der Waals surface area (Å²) in [4.78, 5) is 39.9. The normalized spacial score (nSPS) is 20.5. The van der Waals surface area contributed by atoms with E-state index in [1.165, 1.54) is 0 Å². The third kappa shape index (κ3) is 4.90. The summed E-state index contributed by atoms with van der Waals surface area (Å²) in [7, 11) is 0. The van der Waals surface area contributed by atoms with Gasteiger partial charge in [0.2, 0.25) is 17.7 Å². The zero-order valence-corrected chi connectivity index (χ0v) is 17.1. The van der Waals surface area contributed by atoms with E-state index in [-0.39, 0.29) is 30.1 Å². The molecule has 7 nitrogen and oxygen atoms in total. The molecular formula is C21H31N3O4. The average molecular weight is 389 g/mol. The van der Waals surface area contributed by atoms with Crippen LogP contribution in [0.2, 0.25) is 0 Å². The van der Waals surface area contributed by atoms with Crippen molar-refractivity contribution in [1.82, 2.24) is 10.4 Å². The van der Waals surface area contributed by atoms with Crippen LogP contribution in [0.4, 0.5) is 5.69 Å². The van der Waals surface area contributed by atoms with Gasteiger partial charge in [0.25, 0.3) is 0 Å². The van der Waals surface area contributed by atoms with E-state index in [1.807, 2.05) is 45.9 Å². The molecule has 1 fully saturated rings. The molecule has 3 amide bonds. The summed E-state index contributed by atoms with van der Waals surface area (Å²) in [5, 5.41) is 11.8. The molecule has 1 heterocycles. The van der Waals surface area contributed by atoms with E-state index in [0.717, 1.165) is 0 Å². The Bertz CT molecular complexity index is 705. The topological polar surface area (TPSA) is 98.7 Å². The third-order valence-corrected chi connectivity index (χ3v) is 5.25. The second-order valence-corrected chi connectivity index (χ2v) is 8.38. The second kappa shape index (κ2) is 9.19. The molecule has 154 valence electrons. The quantitative estimate of drug-likeness (QED) is 0.470.